The highest BCUT2D eigenvalue weighted by atomic mass is 16.5. The van der Waals surface area contributed by atoms with Gasteiger partial charge in [0.1, 0.15) is 5.75 Å². The lowest BCUT2D eigenvalue weighted by molar-refractivity contribution is 0.411. The number of hydrogen-bond acceptors (Lipinski definition) is 5. The predicted octanol–water partition coefficient (Wildman–Crippen LogP) is 1.75. The minimum absolute atomic E-state index is 0.176. The number of hydrogen-bond donors (Lipinski definition) is 1. The van der Waals surface area contributed by atoms with Gasteiger partial charge in [-0.05, 0) is 37.1 Å². The van der Waals surface area contributed by atoms with Crippen LogP contribution in [-0.4, -0.2) is 22.3 Å². The van der Waals surface area contributed by atoms with Crippen LogP contribution < -0.4 is 10.5 Å². The molecule has 17 heavy (non-hydrogen) atoms. The first-order valence-corrected chi connectivity index (χ1v) is 5.23. The third-order valence-corrected chi connectivity index (χ3v) is 2.81. The van der Waals surface area contributed by atoms with Gasteiger partial charge >= 0.3 is 0 Å². The zero-order valence-electron chi connectivity index (χ0n) is 10.1. The molecule has 0 saturated carbocycles. The highest BCUT2D eigenvalue weighted by molar-refractivity contribution is 5.66. The van der Waals surface area contributed by atoms with Crippen molar-refractivity contribution in [3.63, 3.8) is 0 Å². The van der Waals surface area contributed by atoms with Gasteiger partial charge in [0, 0.05) is 5.56 Å². The number of rotatable bonds is 2. The summed E-state index contributed by atoms with van der Waals surface area (Å²) in [6, 6.07) is 3.86. The van der Waals surface area contributed by atoms with Crippen molar-refractivity contribution in [3.05, 3.63) is 29.5 Å². The molecule has 0 fully saturated rings. The highest BCUT2D eigenvalue weighted by Crippen LogP contribution is 2.29. The van der Waals surface area contributed by atoms with Crippen molar-refractivity contribution in [2.24, 2.45) is 0 Å². The summed E-state index contributed by atoms with van der Waals surface area (Å²) in [5.41, 5.74) is 9.43. The Labute approximate surface area is 99.7 Å². The fourth-order valence-corrected chi connectivity index (χ4v) is 1.74. The maximum atomic E-state index is 5.53. The fraction of sp³-hybridized carbons (Fsp3) is 0.250. The molecule has 2 aromatic rings. The van der Waals surface area contributed by atoms with E-state index in [2.05, 4.69) is 15.2 Å². The monoisotopic (exact) mass is 230 g/mol. The van der Waals surface area contributed by atoms with Gasteiger partial charge in [-0.15, -0.1) is 5.10 Å². The average Bonchev–Trinajstić information content (AvgIpc) is 2.32. The molecule has 0 saturated heterocycles. The number of anilines is 1. The topological polar surface area (TPSA) is 73.9 Å². The van der Waals surface area contributed by atoms with Gasteiger partial charge in [-0.25, -0.2) is 4.98 Å². The SMILES string of the molecule is COc1ccc(-c2cnnc(N)n2)c(C)c1C. The van der Waals surface area contributed by atoms with Crippen LogP contribution in [0.1, 0.15) is 11.1 Å². The summed E-state index contributed by atoms with van der Waals surface area (Å²) in [5, 5.41) is 7.45. The Morgan fingerprint density at radius 3 is 2.59 bits per heavy atom. The Bertz CT molecular complexity index is 554. The first-order chi connectivity index (χ1) is 8.13. The number of ether oxygens (including phenoxy) is 1. The number of nitrogens with two attached hydrogens (primary N) is 1. The van der Waals surface area contributed by atoms with Gasteiger partial charge in [0.25, 0.3) is 0 Å². The van der Waals surface area contributed by atoms with Crippen molar-refractivity contribution in [1.82, 2.24) is 15.2 Å². The zero-order chi connectivity index (χ0) is 12.4. The van der Waals surface area contributed by atoms with E-state index in [4.69, 9.17) is 10.5 Å². The van der Waals surface area contributed by atoms with Crippen LogP contribution in [0.3, 0.4) is 0 Å². The molecular formula is C12H14N4O. The molecule has 5 nitrogen and oxygen atoms in total. The number of nitrogens with zero attached hydrogens (tertiary/aromatic N) is 3. The highest BCUT2D eigenvalue weighted by Gasteiger charge is 2.10. The van der Waals surface area contributed by atoms with Gasteiger partial charge in [-0.2, -0.15) is 5.10 Å². The first kappa shape index (κ1) is 11.3. The molecule has 0 amide bonds. The largest absolute Gasteiger partial charge is 0.496 e. The summed E-state index contributed by atoms with van der Waals surface area (Å²) in [5.74, 6) is 1.04. The minimum atomic E-state index is 0.176. The number of nitrogen functional groups attached to an aromatic ring is 1. The standard InChI is InChI=1S/C12H14N4O/c1-7-8(2)11(17-3)5-4-9(7)10-6-14-16-12(13)15-10/h4-6H,1-3H3,(H2,13,15,16). The molecule has 0 unspecified atom stereocenters. The van der Waals surface area contributed by atoms with Crippen LogP contribution >= 0.6 is 0 Å². The molecule has 2 N–H and O–H groups in total. The van der Waals surface area contributed by atoms with E-state index in [1.165, 1.54) is 0 Å². The third kappa shape index (κ3) is 2.04. The minimum Gasteiger partial charge on any atom is -0.496 e. The molecule has 1 heterocycles. The van der Waals surface area contributed by atoms with Crippen LogP contribution in [0.2, 0.25) is 0 Å². The van der Waals surface area contributed by atoms with E-state index < -0.39 is 0 Å². The van der Waals surface area contributed by atoms with Crippen LogP contribution in [0.5, 0.6) is 5.75 Å². The molecule has 2 rings (SSSR count). The Kier molecular flexibility index (Phi) is 2.91. The lowest BCUT2D eigenvalue weighted by Crippen LogP contribution is -2.00. The van der Waals surface area contributed by atoms with E-state index in [1.807, 2.05) is 26.0 Å². The lowest BCUT2D eigenvalue weighted by atomic mass is 10.0. The van der Waals surface area contributed by atoms with Crippen LogP contribution in [0.4, 0.5) is 5.95 Å². The quantitative estimate of drug-likeness (QED) is 0.850. The lowest BCUT2D eigenvalue weighted by Gasteiger charge is -2.11. The number of aromatic nitrogens is 3. The Morgan fingerprint density at radius 2 is 1.94 bits per heavy atom. The van der Waals surface area contributed by atoms with Gasteiger partial charge < -0.3 is 10.5 Å². The Morgan fingerprint density at radius 1 is 1.18 bits per heavy atom. The van der Waals surface area contributed by atoms with Crippen molar-refractivity contribution < 1.29 is 4.74 Å². The van der Waals surface area contributed by atoms with E-state index in [1.54, 1.807) is 13.3 Å². The van der Waals surface area contributed by atoms with Crippen LogP contribution in [0.15, 0.2) is 18.3 Å². The summed E-state index contributed by atoms with van der Waals surface area (Å²) >= 11 is 0. The summed E-state index contributed by atoms with van der Waals surface area (Å²) < 4.78 is 5.27. The van der Waals surface area contributed by atoms with Gasteiger partial charge in [-0.1, -0.05) is 0 Å². The molecule has 0 aliphatic heterocycles. The summed E-state index contributed by atoms with van der Waals surface area (Å²) in [6.45, 7) is 4.03. The Hall–Kier alpha value is -2.17. The maximum Gasteiger partial charge on any atom is 0.240 e. The molecule has 0 spiro atoms. The van der Waals surface area contributed by atoms with E-state index in [9.17, 15) is 0 Å². The summed E-state index contributed by atoms with van der Waals surface area (Å²) in [4.78, 5) is 4.16. The molecule has 5 heteroatoms. The Balaban J connectivity index is 2.57. The zero-order valence-corrected chi connectivity index (χ0v) is 10.1. The molecular weight excluding hydrogens is 216 g/mol. The normalized spacial score (nSPS) is 10.3. The molecule has 0 aliphatic rings. The van der Waals surface area contributed by atoms with Crippen molar-refractivity contribution in [2.75, 3.05) is 12.8 Å². The predicted molar refractivity (Wildman–Crippen MR) is 65.7 cm³/mol. The molecule has 88 valence electrons. The fourth-order valence-electron chi connectivity index (χ4n) is 1.74. The van der Waals surface area contributed by atoms with Crippen molar-refractivity contribution in [3.8, 4) is 17.0 Å². The van der Waals surface area contributed by atoms with Gasteiger partial charge in [0.15, 0.2) is 0 Å². The second-order valence-electron chi connectivity index (χ2n) is 3.77. The first-order valence-electron chi connectivity index (χ1n) is 5.23. The van der Waals surface area contributed by atoms with E-state index >= 15 is 0 Å². The number of methoxy groups -OCH3 is 1. The van der Waals surface area contributed by atoms with E-state index in [0.717, 1.165) is 28.1 Å². The average molecular weight is 230 g/mol. The van der Waals surface area contributed by atoms with Crippen molar-refractivity contribution >= 4 is 5.95 Å². The van der Waals surface area contributed by atoms with Crippen molar-refractivity contribution in [1.29, 1.82) is 0 Å². The molecule has 1 aromatic heterocycles. The van der Waals surface area contributed by atoms with Crippen molar-refractivity contribution in [2.45, 2.75) is 13.8 Å². The second-order valence-corrected chi connectivity index (χ2v) is 3.77. The van der Waals surface area contributed by atoms with E-state index in [0.29, 0.717) is 0 Å². The van der Waals surface area contributed by atoms with Gasteiger partial charge in [0.05, 0.1) is 19.0 Å². The summed E-state index contributed by atoms with van der Waals surface area (Å²) in [7, 11) is 1.66. The van der Waals surface area contributed by atoms with Crippen LogP contribution in [0.25, 0.3) is 11.3 Å². The molecule has 0 radical (unpaired) electrons. The smallest absolute Gasteiger partial charge is 0.240 e. The molecule has 0 aliphatic carbocycles. The van der Waals surface area contributed by atoms with E-state index in [-0.39, 0.29) is 5.95 Å². The van der Waals surface area contributed by atoms with Gasteiger partial charge in [-0.3, -0.25) is 0 Å². The maximum absolute atomic E-state index is 5.53. The summed E-state index contributed by atoms with van der Waals surface area (Å²) in [6.07, 6.45) is 1.60. The molecule has 0 bridgehead atoms. The van der Waals surface area contributed by atoms with Crippen LogP contribution in [0, 0.1) is 13.8 Å². The molecule has 1 aromatic carbocycles. The van der Waals surface area contributed by atoms with Crippen LogP contribution in [-0.2, 0) is 0 Å². The third-order valence-electron chi connectivity index (χ3n) is 2.81. The number of benzene rings is 1. The molecule has 0 atom stereocenters. The second kappa shape index (κ2) is 4.37. The van der Waals surface area contributed by atoms with Gasteiger partial charge in [0.2, 0.25) is 5.95 Å².